The largest absolute Gasteiger partial charge is 0.265 e. The number of fused-ring (bicyclic) bond motifs is 6. The molecule has 1 nitrogen and oxygen atoms in total. The zero-order chi connectivity index (χ0) is 33.4. The third-order valence-electron chi connectivity index (χ3n) is 10.3. The molecule has 8 aromatic rings. The van der Waals surface area contributed by atoms with Crippen LogP contribution < -0.4 is 0 Å². The average Bonchev–Trinajstić information content (AvgIpc) is 3.42. The number of hydrogen-bond acceptors (Lipinski definition) is 1. The van der Waals surface area contributed by atoms with E-state index in [-0.39, 0.29) is 0 Å². The predicted molar refractivity (Wildman–Crippen MR) is 214 cm³/mol. The standard InChI is InChI=1S/C49H37N/c1-33-10-8-11-34(21-20-33)39-29-40(35-24-26-50-27-25-35)31-41(30-39)36-12-9-13-37(28-36)42-14-2-3-15-43(42)38-22-23-48-46-18-5-4-16-44(46)45-17-6-7-19-47(45)49(48)32-38/h2-9,11-19,21-33H,10,20H2,1H3. The maximum atomic E-state index is 4.29. The van der Waals surface area contributed by atoms with Crippen molar-refractivity contribution in [2.24, 2.45) is 5.92 Å². The van der Waals surface area contributed by atoms with E-state index in [1.54, 1.807) is 0 Å². The van der Waals surface area contributed by atoms with Crippen LogP contribution in [0, 0.1) is 5.92 Å². The molecule has 0 amide bonds. The molecule has 1 aliphatic carbocycles. The molecule has 7 aromatic carbocycles. The van der Waals surface area contributed by atoms with E-state index >= 15 is 0 Å². The third kappa shape index (κ3) is 5.51. The van der Waals surface area contributed by atoms with Gasteiger partial charge in [0.2, 0.25) is 0 Å². The third-order valence-corrected chi connectivity index (χ3v) is 10.3. The molecule has 1 atom stereocenters. The molecule has 1 aromatic heterocycles. The van der Waals surface area contributed by atoms with E-state index in [4.69, 9.17) is 0 Å². The van der Waals surface area contributed by atoms with Crippen molar-refractivity contribution in [2.45, 2.75) is 19.8 Å². The lowest BCUT2D eigenvalue weighted by Gasteiger charge is -2.15. The summed E-state index contributed by atoms with van der Waals surface area (Å²) in [5.74, 6) is 0.657. The van der Waals surface area contributed by atoms with Crippen LogP contribution in [0.4, 0.5) is 0 Å². The van der Waals surface area contributed by atoms with Crippen molar-refractivity contribution in [3.63, 3.8) is 0 Å². The lowest BCUT2D eigenvalue weighted by molar-refractivity contribution is 0.607. The first kappa shape index (κ1) is 30.0. The number of nitrogens with zero attached hydrogens (tertiary/aromatic N) is 1. The molecule has 9 rings (SSSR count). The molecule has 238 valence electrons. The lowest BCUT2D eigenvalue weighted by Crippen LogP contribution is -1.90. The summed E-state index contributed by atoms with van der Waals surface area (Å²) in [6.45, 7) is 2.33. The topological polar surface area (TPSA) is 12.9 Å². The monoisotopic (exact) mass is 639 g/mol. The number of allylic oxidation sites excluding steroid dienone is 4. The molecule has 1 heterocycles. The van der Waals surface area contributed by atoms with Gasteiger partial charge in [0.25, 0.3) is 0 Å². The van der Waals surface area contributed by atoms with Gasteiger partial charge in [0, 0.05) is 12.4 Å². The number of pyridine rings is 1. The van der Waals surface area contributed by atoms with Gasteiger partial charge in [-0.1, -0.05) is 128 Å². The van der Waals surface area contributed by atoms with Crippen molar-refractivity contribution in [3.05, 3.63) is 182 Å². The average molecular weight is 640 g/mol. The fourth-order valence-electron chi connectivity index (χ4n) is 7.73. The fraction of sp³-hybridized carbons (Fsp3) is 0.0816. The zero-order valence-electron chi connectivity index (χ0n) is 28.2. The number of aromatic nitrogens is 1. The van der Waals surface area contributed by atoms with Gasteiger partial charge in [0.1, 0.15) is 0 Å². The molecule has 0 fully saturated rings. The van der Waals surface area contributed by atoms with Crippen molar-refractivity contribution in [1.82, 2.24) is 4.98 Å². The van der Waals surface area contributed by atoms with Crippen LogP contribution in [-0.4, -0.2) is 4.98 Å². The minimum atomic E-state index is 0.657. The molecule has 1 heteroatoms. The normalized spacial score (nSPS) is 14.6. The second-order valence-corrected chi connectivity index (χ2v) is 13.7. The van der Waals surface area contributed by atoms with Crippen LogP contribution in [0.3, 0.4) is 0 Å². The first-order valence-corrected chi connectivity index (χ1v) is 17.7. The van der Waals surface area contributed by atoms with Gasteiger partial charge in [-0.25, -0.2) is 0 Å². The van der Waals surface area contributed by atoms with Crippen LogP contribution in [0.5, 0.6) is 0 Å². The molecular weight excluding hydrogens is 603 g/mol. The van der Waals surface area contributed by atoms with E-state index < -0.39 is 0 Å². The Hall–Kier alpha value is -6.05. The maximum Gasteiger partial charge on any atom is 0.0273 e. The second-order valence-electron chi connectivity index (χ2n) is 13.7. The summed E-state index contributed by atoms with van der Waals surface area (Å²) in [5.41, 5.74) is 12.2. The SMILES string of the molecule is CC1CC=CC(c2cc(-c3ccncc3)cc(-c3cccc(-c4ccccc4-c4ccc5c6ccccc6c6ccccc6c5c4)c3)c2)=CC1. The van der Waals surface area contributed by atoms with E-state index in [9.17, 15) is 0 Å². The van der Waals surface area contributed by atoms with Crippen LogP contribution in [0.25, 0.3) is 82.4 Å². The van der Waals surface area contributed by atoms with E-state index in [1.165, 1.54) is 88.0 Å². The van der Waals surface area contributed by atoms with Crippen molar-refractivity contribution in [3.8, 4) is 44.5 Å². The summed E-state index contributed by atoms with van der Waals surface area (Å²) in [5, 5.41) is 7.77. The summed E-state index contributed by atoms with van der Waals surface area (Å²) in [4.78, 5) is 4.29. The highest BCUT2D eigenvalue weighted by molar-refractivity contribution is 6.25. The quantitative estimate of drug-likeness (QED) is 0.171. The Kier molecular flexibility index (Phi) is 7.67. The molecule has 0 saturated heterocycles. The first-order valence-electron chi connectivity index (χ1n) is 17.7. The van der Waals surface area contributed by atoms with Gasteiger partial charge in [0.05, 0.1) is 0 Å². The Balaban J connectivity index is 1.18. The van der Waals surface area contributed by atoms with Crippen LogP contribution >= 0.6 is 0 Å². The number of hydrogen-bond donors (Lipinski definition) is 0. The highest BCUT2D eigenvalue weighted by Crippen LogP contribution is 2.40. The zero-order valence-corrected chi connectivity index (χ0v) is 28.2. The van der Waals surface area contributed by atoms with Crippen molar-refractivity contribution < 1.29 is 0 Å². The fourth-order valence-corrected chi connectivity index (χ4v) is 7.73. The van der Waals surface area contributed by atoms with E-state index in [1.807, 2.05) is 12.4 Å². The van der Waals surface area contributed by atoms with Gasteiger partial charge in [-0.05, 0) is 149 Å². The van der Waals surface area contributed by atoms with Crippen LogP contribution in [-0.2, 0) is 0 Å². The molecule has 1 aliphatic rings. The molecule has 0 spiro atoms. The molecule has 1 unspecified atom stereocenters. The lowest BCUT2D eigenvalue weighted by atomic mass is 9.88. The summed E-state index contributed by atoms with van der Waals surface area (Å²) in [6.07, 6.45) is 13.0. The molecule has 0 bridgehead atoms. The second kappa shape index (κ2) is 12.8. The highest BCUT2D eigenvalue weighted by Gasteiger charge is 2.14. The summed E-state index contributed by atoms with van der Waals surface area (Å²) >= 11 is 0. The minimum Gasteiger partial charge on any atom is -0.265 e. The van der Waals surface area contributed by atoms with Crippen LogP contribution in [0.2, 0.25) is 0 Å². The Morgan fingerprint density at radius 1 is 0.420 bits per heavy atom. The first-order chi connectivity index (χ1) is 24.7. The van der Waals surface area contributed by atoms with E-state index in [0.29, 0.717) is 5.92 Å². The van der Waals surface area contributed by atoms with Gasteiger partial charge in [0.15, 0.2) is 0 Å². The maximum absolute atomic E-state index is 4.29. The van der Waals surface area contributed by atoms with E-state index in [2.05, 4.69) is 176 Å². The van der Waals surface area contributed by atoms with Gasteiger partial charge in [-0.2, -0.15) is 0 Å². The summed E-state index contributed by atoms with van der Waals surface area (Å²) in [7, 11) is 0. The van der Waals surface area contributed by atoms with Gasteiger partial charge < -0.3 is 0 Å². The molecule has 0 saturated carbocycles. The van der Waals surface area contributed by atoms with Gasteiger partial charge in [-0.3, -0.25) is 4.98 Å². The predicted octanol–water partition coefficient (Wildman–Crippen LogP) is 13.6. The smallest absolute Gasteiger partial charge is 0.0273 e. The highest BCUT2D eigenvalue weighted by atomic mass is 14.6. The molecule has 0 N–H and O–H groups in total. The molecular formula is C49H37N. The van der Waals surface area contributed by atoms with Crippen molar-refractivity contribution in [1.29, 1.82) is 0 Å². The minimum absolute atomic E-state index is 0.657. The molecule has 0 aliphatic heterocycles. The van der Waals surface area contributed by atoms with Crippen molar-refractivity contribution >= 4 is 37.9 Å². The van der Waals surface area contributed by atoms with Crippen LogP contribution in [0.1, 0.15) is 25.3 Å². The Bertz CT molecular complexity index is 2570. The number of rotatable bonds is 5. The van der Waals surface area contributed by atoms with Crippen LogP contribution in [0.15, 0.2) is 176 Å². The molecule has 50 heavy (non-hydrogen) atoms. The summed E-state index contributed by atoms with van der Waals surface area (Å²) in [6, 6.07) is 53.7. The molecule has 0 radical (unpaired) electrons. The Morgan fingerprint density at radius 2 is 0.960 bits per heavy atom. The Labute approximate surface area is 293 Å². The van der Waals surface area contributed by atoms with Gasteiger partial charge in [-0.15, -0.1) is 0 Å². The summed E-state index contributed by atoms with van der Waals surface area (Å²) < 4.78 is 0. The number of benzene rings is 7. The van der Waals surface area contributed by atoms with Gasteiger partial charge >= 0.3 is 0 Å². The van der Waals surface area contributed by atoms with E-state index in [0.717, 1.165) is 12.8 Å². The van der Waals surface area contributed by atoms with Crippen molar-refractivity contribution in [2.75, 3.05) is 0 Å². The Morgan fingerprint density at radius 3 is 1.66 bits per heavy atom.